The fourth-order valence-electron chi connectivity index (χ4n) is 7.82. The molecule has 2 aliphatic rings. The molecule has 1 saturated carbocycles. The summed E-state index contributed by atoms with van der Waals surface area (Å²) in [5.74, 6) is 0.0604. The summed E-state index contributed by atoms with van der Waals surface area (Å²) in [5.41, 5.74) is 4.82. The zero-order valence-electron chi connectivity index (χ0n) is 27.0. The van der Waals surface area contributed by atoms with E-state index < -0.39 is 15.4 Å². The second-order valence-electron chi connectivity index (χ2n) is 13.2. The van der Waals surface area contributed by atoms with Gasteiger partial charge in [0, 0.05) is 53.8 Å². The molecule has 10 nitrogen and oxygen atoms in total. The average molecular weight is 648 g/mol. The quantitative estimate of drug-likeness (QED) is 0.203. The lowest BCUT2D eigenvalue weighted by molar-refractivity contribution is -0.123. The predicted octanol–water partition coefficient (Wildman–Crippen LogP) is 6.84. The van der Waals surface area contributed by atoms with Crippen molar-refractivity contribution in [2.75, 3.05) is 11.9 Å². The number of amides is 1. The van der Waals surface area contributed by atoms with Crippen molar-refractivity contribution in [3.05, 3.63) is 78.9 Å². The molecule has 8 rings (SSSR count). The zero-order valence-corrected chi connectivity index (χ0v) is 27.8. The van der Waals surface area contributed by atoms with E-state index in [0.717, 1.165) is 59.0 Å². The van der Waals surface area contributed by atoms with E-state index in [9.17, 15) is 13.2 Å². The number of benzene rings is 2. The largest absolute Gasteiger partial charge is 0.313 e. The van der Waals surface area contributed by atoms with Gasteiger partial charge in [-0.25, -0.2) is 17.4 Å². The summed E-state index contributed by atoms with van der Waals surface area (Å²) in [6, 6.07) is 14.6. The molecule has 0 atom stereocenters. The summed E-state index contributed by atoms with van der Waals surface area (Å²) in [4.78, 5) is 21.2. The highest BCUT2D eigenvalue weighted by atomic mass is 32.2. The number of hydrogen-bond acceptors (Lipinski definition) is 6. The number of pyridine rings is 1. The van der Waals surface area contributed by atoms with E-state index in [0.29, 0.717) is 35.1 Å². The Labute approximate surface area is 273 Å². The van der Waals surface area contributed by atoms with Crippen LogP contribution in [0.25, 0.3) is 44.3 Å². The minimum absolute atomic E-state index is 0.0604. The number of rotatable bonds is 5. The van der Waals surface area contributed by atoms with Crippen LogP contribution in [0.4, 0.5) is 5.69 Å². The molecule has 1 aliphatic carbocycles. The number of carbonyl (C=O) groups excluding carboxylic acids is 1. The fraction of sp³-hybridized carbons (Fsp3) is 0.333. The molecule has 11 heteroatoms. The summed E-state index contributed by atoms with van der Waals surface area (Å²) in [5, 5.41) is 10.8. The van der Waals surface area contributed by atoms with Crippen LogP contribution < -0.4 is 4.90 Å². The molecule has 1 spiro atoms. The van der Waals surface area contributed by atoms with Gasteiger partial charge in [0.05, 0.1) is 45.8 Å². The van der Waals surface area contributed by atoms with E-state index in [4.69, 9.17) is 4.98 Å². The Bertz CT molecular complexity index is 2310. The third-order valence-corrected chi connectivity index (χ3v) is 11.9. The molecular weight excluding hydrogens is 611 g/mol. The molecule has 0 saturated heterocycles. The van der Waals surface area contributed by atoms with Crippen molar-refractivity contribution < 1.29 is 13.2 Å². The zero-order chi connectivity index (χ0) is 32.7. The van der Waals surface area contributed by atoms with Crippen LogP contribution in [-0.2, 0) is 27.3 Å². The highest BCUT2D eigenvalue weighted by Crippen LogP contribution is 2.55. The molecule has 47 heavy (non-hydrogen) atoms. The number of aryl methyl sites for hydroxylation is 1. The normalized spacial score (nSPS) is 16.5. The van der Waals surface area contributed by atoms with Gasteiger partial charge < -0.3 is 4.90 Å². The molecule has 4 aromatic heterocycles. The molecule has 1 fully saturated rings. The van der Waals surface area contributed by atoms with E-state index >= 15 is 0 Å². The van der Waals surface area contributed by atoms with Gasteiger partial charge >= 0.3 is 0 Å². The SMILES string of the molecule is CC(C)n1cc(-c2c(-c3ccc4c(cnn4C)c3)c3c4c(cnc3n2S(=O)(=O)c2ccccc2)N(C)C(=O)C42CCCCCC2)cn1. The maximum atomic E-state index is 14.9. The fourth-order valence-corrected chi connectivity index (χ4v) is 9.33. The summed E-state index contributed by atoms with van der Waals surface area (Å²) >= 11 is 0. The number of carbonyl (C=O) groups is 1. The van der Waals surface area contributed by atoms with Crippen LogP contribution in [0.15, 0.2) is 78.2 Å². The van der Waals surface area contributed by atoms with Gasteiger partial charge in [0.2, 0.25) is 5.91 Å². The lowest BCUT2D eigenvalue weighted by Crippen LogP contribution is -2.38. The van der Waals surface area contributed by atoms with Crippen molar-refractivity contribution in [2.24, 2.45) is 7.05 Å². The van der Waals surface area contributed by atoms with Crippen LogP contribution in [0.3, 0.4) is 0 Å². The third-order valence-electron chi connectivity index (χ3n) is 10.2. The number of likely N-dealkylation sites (N-methyl/N-ethyl adjacent to an activating group) is 1. The first kappa shape index (κ1) is 29.6. The van der Waals surface area contributed by atoms with E-state index in [1.807, 2.05) is 61.8 Å². The minimum Gasteiger partial charge on any atom is -0.313 e. The van der Waals surface area contributed by atoms with Crippen LogP contribution in [0.5, 0.6) is 0 Å². The van der Waals surface area contributed by atoms with Crippen LogP contribution >= 0.6 is 0 Å². The standard InChI is InChI=1S/C36H37N7O3S/c1-23(2)42-22-26(20-39-42)33-30(24-14-15-28-25(18-24)19-38-41(28)4)31-32-29(40(3)35(44)36(32)16-10-5-6-11-17-36)21-37-34(31)43(33)47(45,46)27-12-8-7-9-13-27/h7-9,12-15,18-23H,5-6,10-11,16-17H2,1-4H3. The molecular formula is C36H37N7O3S. The molecule has 0 unspecified atom stereocenters. The summed E-state index contributed by atoms with van der Waals surface area (Å²) < 4.78 is 34.9. The van der Waals surface area contributed by atoms with E-state index in [-0.39, 0.29) is 16.8 Å². The van der Waals surface area contributed by atoms with Crippen LogP contribution in [0, 0.1) is 0 Å². The lowest BCUT2D eigenvalue weighted by Gasteiger charge is -2.27. The van der Waals surface area contributed by atoms with E-state index in [1.54, 1.807) is 47.6 Å². The molecule has 0 bridgehead atoms. The second-order valence-corrected chi connectivity index (χ2v) is 15.0. The molecule has 5 heterocycles. The highest BCUT2D eigenvalue weighted by molar-refractivity contribution is 7.90. The Morgan fingerprint density at radius 2 is 1.62 bits per heavy atom. The topological polar surface area (TPSA) is 108 Å². The van der Waals surface area contributed by atoms with Crippen LogP contribution in [0.2, 0.25) is 0 Å². The molecule has 0 radical (unpaired) electrons. The summed E-state index contributed by atoms with van der Waals surface area (Å²) in [6.07, 6.45) is 12.6. The third kappa shape index (κ3) is 4.25. The summed E-state index contributed by atoms with van der Waals surface area (Å²) in [7, 11) is -0.449. The monoisotopic (exact) mass is 647 g/mol. The Hall–Kier alpha value is -4.77. The lowest BCUT2D eigenvalue weighted by atomic mass is 9.73. The number of hydrogen-bond donors (Lipinski definition) is 0. The van der Waals surface area contributed by atoms with Gasteiger partial charge in [-0.15, -0.1) is 0 Å². The molecule has 6 aromatic rings. The van der Waals surface area contributed by atoms with Crippen molar-refractivity contribution in [1.82, 2.24) is 28.5 Å². The molecule has 240 valence electrons. The van der Waals surface area contributed by atoms with Crippen molar-refractivity contribution in [3.8, 4) is 22.4 Å². The molecule has 1 aliphatic heterocycles. The molecule has 0 N–H and O–H groups in total. The number of nitrogens with zero attached hydrogens (tertiary/aromatic N) is 7. The second kappa shape index (κ2) is 10.6. The van der Waals surface area contributed by atoms with Crippen LogP contribution in [-0.4, -0.2) is 49.9 Å². The maximum Gasteiger partial charge on any atom is 0.269 e. The van der Waals surface area contributed by atoms with Crippen molar-refractivity contribution in [2.45, 2.75) is 68.7 Å². The first-order valence-corrected chi connectivity index (χ1v) is 17.7. The van der Waals surface area contributed by atoms with Crippen molar-refractivity contribution >= 4 is 43.6 Å². The Kier molecular flexibility index (Phi) is 6.70. The van der Waals surface area contributed by atoms with Crippen LogP contribution in [0.1, 0.15) is 64.0 Å². The van der Waals surface area contributed by atoms with Gasteiger partial charge in [-0.05, 0) is 56.5 Å². The highest BCUT2D eigenvalue weighted by Gasteiger charge is 2.52. The van der Waals surface area contributed by atoms with Gasteiger partial charge in [-0.1, -0.05) is 49.9 Å². The summed E-state index contributed by atoms with van der Waals surface area (Å²) in [6.45, 7) is 4.08. The Balaban J connectivity index is 1.59. The molecule has 2 aromatic carbocycles. The maximum absolute atomic E-state index is 14.9. The first-order valence-electron chi connectivity index (χ1n) is 16.3. The predicted molar refractivity (Wildman–Crippen MR) is 183 cm³/mol. The van der Waals surface area contributed by atoms with Gasteiger partial charge in [-0.3, -0.25) is 14.2 Å². The minimum atomic E-state index is -4.17. The Morgan fingerprint density at radius 1 is 0.872 bits per heavy atom. The van der Waals surface area contributed by atoms with Gasteiger partial charge in [0.25, 0.3) is 10.0 Å². The smallest absolute Gasteiger partial charge is 0.269 e. The first-order chi connectivity index (χ1) is 22.6. The van der Waals surface area contributed by atoms with E-state index in [1.165, 1.54) is 3.97 Å². The number of fused-ring (bicyclic) bond motifs is 5. The number of aromatic nitrogens is 6. The Morgan fingerprint density at radius 3 is 2.32 bits per heavy atom. The average Bonchev–Trinajstić information content (AvgIpc) is 3.79. The number of anilines is 1. The van der Waals surface area contributed by atoms with Crippen molar-refractivity contribution in [3.63, 3.8) is 0 Å². The van der Waals surface area contributed by atoms with Crippen molar-refractivity contribution in [1.29, 1.82) is 0 Å². The van der Waals surface area contributed by atoms with Gasteiger partial charge in [0.15, 0.2) is 5.65 Å². The van der Waals surface area contributed by atoms with Gasteiger partial charge in [0.1, 0.15) is 0 Å². The van der Waals surface area contributed by atoms with E-state index in [2.05, 4.69) is 16.3 Å². The van der Waals surface area contributed by atoms with Gasteiger partial charge in [-0.2, -0.15) is 10.2 Å². The molecule has 1 amide bonds.